The van der Waals surface area contributed by atoms with Crippen molar-refractivity contribution in [1.82, 2.24) is 0 Å². The van der Waals surface area contributed by atoms with Crippen LogP contribution in [0.15, 0.2) is 85.0 Å². The Labute approximate surface area is 142 Å². The van der Waals surface area contributed by atoms with Crippen molar-refractivity contribution in [1.29, 1.82) is 0 Å². The van der Waals surface area contributed by atoms with E-state index in [-0.39, 0.29) is 11.9 Å². The van der Waals surface area contributed by atoms with E-state index >= 15 is 0 Å². The first-order chi connectivity index (χ1) is 11.7. The van der Waals surface area contributed by atoms with Crippen molar-refractivity contribution in [2.75, 3.05) is 12.0 Å². The molecule has 0 N–H and O–H groups in total. The molecule has 2 aromatic carbocycles. The van der Waals surface area contributed by atoms with Gasteiger partial charge in [0.1, 0.15) is 5.75 Å². The molecule has 3 heteroatoms. The zero-order valence-corrected chi connectivity index (χ0v) is 13.6. The molecule has 0 spiro atoms. The van der Waals surface area contributed by atoms with E-state index < -0.39 is 0 Å². The Kier molecular flexibility index (Phi) is 4.62. The number of amides is 1. The summed E-state index contributed by atoms with van der Waals surface area (Å²) in [6.07, 6.45) is 7.51. The SMILES string of the molecule is C=C/C=C1/C(=O)N(c2ccc(OC)cc2)C1/C=C/c1ccccc1. The van der Waals surface area contributed by atoms with E-state index in [0.717, 1.165) is 22.6 Å². The van der Waals surface area contributed by atoms with E-state index in [1.165, 1.54) is 0 Å². The summed E-state index contributed by atoms with van der Waals surface area (Å²) >= 11 is 0. The lowest BCUT2D eigenvalue weighted by Crippen LogP contribution is -2.54. The van der Waals surface area contributed by atoms with E-state index in [1.807, 2.05) is 66.7 Å². The number of β-lactam (4-membered cyclic amide) rings is 1. The highest BCUT2D eigenvalue weighted by molar-refractivity contribution is 6.16. The number of rotatable bonds is 5. The van der Waals surface area contributed by atoms with Gasteiger partial charge in [-0.1, -0.05) is 61.2 Å². The quantitative estimate of drug-likeness (QED) is 0.610. The number of allylic oxidation sites excluding steroid dienone is 2. The number of hydrogen-bond donors (Lipinski definition) is 0. The molecule has 1 saturated heterocycles. The second kappa shape index (κ2) is 7.01. The van der Waals surface area contributed by atoms with Crippen LogP contribution in [0.25, 0.3) is 6.08 Å². The number of anilines is 1. The van der Waals surface area contributed by atoms with Crippen LogP contribution in [0.4, 0.5) is 5.69 Å². The van der Waals surface area contributed by atoms with Gasteiger partial charge in [-0.15, -0.1) is 0 Å². The Morgan fingerprint density at radius 2 is 1.79 bits per heavy atom. The zero-order valence-electron chi connectivity index (χ0n) is 13.6. The van der Waals surface area contributed by atoms with Crippen LogP contribution in [-0.4, -0.2) is 19.1 Å². The predicted molar refractivity (Wildman–Crippen MR) is 98.0 cm³/mol. The molecular weight excluding hydrogens is 298 g/mol. The first-order valence-electron chi connectivity index (χ1n) is 7.78. The standard InChI is InChI=1S/C21H19NO2/c1-3-7-19-20(15-10-16-8-5-4-6-9-16)22(21(19)23)17-11-13-18(24-2)14-12-17/h3-15,20H,1H2,2H3/b15-10+,19-7+. The Hall–Kier alpha value is -3.07. The van der Waals surface area contributed by atoms with Gasteiger partial charge in [-0.2, -0.15) is 0 Å². The number of ether oxygens (including phenoxy) is 1. The lowest BCUT2D eigenvalue weighted by atomic mass is 9.91. The third-order valence-electron chi connectivity index (χ3n) is 3.98. The first-order valence-corrected chi connectivity index (χ1v) is 7.78. The predicted octanol–water partition coefficient (Wildman–Crippen LogP) is 4.24. The molecule has 3 rings (SSSR count). The van der Waals surface area contributed by atoms with Crippen LogP contribution in [0, 0.1) is 0 Å². The number of carbonyl (C=O) groups excluding carboxylic acids is 1. The molecule has 1 heterocycles. The molecule has 1 amide bonds. The molecular formula is C21H19NO2. The van der Waals surface area contributed by atoms with E-state index in [9.17, 15) is 4.79 Å². The monoisotopic (exact) mass is 317 g/mol. The van der Waals surface area contributed by atoms with Crippen molar-refractivity contribution in [3.05, 3.63) is 90.5 Å². The van der Waals surface area contributed by atoms with Crippen molar-refractivity contribution in [3.63, 3.8) is 0 Å². The van der Waals surface area contributed by atoms with Gasteiger partial charge in [0.25, 0.3) is 5.91 Å². The van der Waals surface area contributed by atoms with Crippen LogP contribution in [0.5, 0.6) is 5.75 Å². The van der Waals surface area contributed by atoms with Gasteiger partial charge in [0.2, 0.25) is 0 Å². The normalized spacial score (nSPS) is 18.7. The second-order valence-electron chi connectivity index (χ2n) is 5.45. The minimum absolute atomic E-state index is 0.00257. The molecule has 24 heavy (non-hydrogen) atoms. The highest BCUT2D eigenvalue weighted by Crippen LogP contribution is 2.34. The lowest BCUT2D eigenvalue weighted by molar-refractivity contribution is -0.118. The summed E-state index contributed by atoms with van der Waals surface area (Å²) in [5.74, 6) is 0.771. The molecule has 1 aliphatic rings. The topological polar surface area (TPSA) is 29.5 Å². The molecule has 0 radical (unpaired) electrons. The summed E-state index contributed by atoms with van der Waals surface area (Å²) in [6, 6.07) is 17.4. The van der Waals surface area contributed by atoms with Gasteiger partial charge in [-0.05, 0) is 29.8 Å². The Morgan fingerprint density at radius 1 is 1.08 bits per heavy atom. The molecule has 3 nitrogen and oxygen atoms in total. The molecule has 0 aliphatic carbocycles. The average molecular weight is 317 g/mol. The highest BCUT2D eigenvalue weighted by atomic mass is 16.5. The summed E-state index contributed by atoms with van der Waals surface area (Å²) in [7, 11) is 1.63. The Morgan fingerprint density at radius 3 is 2.42 bits per heavy atom. The van der Waals surface area contributed by atoms with Crippen molar-refractivity contribution < 1.29 is 9.53 Å². The maximum atomic E-state index is 12.5. The Bertz CT molecular complexity index is 788. The van der Waals surface area contributed by atoms with Gasteiger partial charge >= 0.3 is 0 Å². The molecule has 1 fully saturated rings. The molecule has 0 bridgehead atoms. The number of methoxy groups -OCH3 is 1. The Balaban J connectivity index is 1.89. The van der Waals surface area contributed by atoms with Gasteiger partial charge < -0.3 is 4.74 Å². The largest absolute Gasteiger partial charge is 0.497 e. The van der Waals surface area contributed by atoms with E-state index in [2.05, 4.69) is 6.58 Å². The van der Waals surface area contributed by atoms with Crippen LogP contribution >= 0.6 is 0 Å². The molecule has 1 unspecified atom stereocenters. The molecule has 1 atom stereocenters. The number of hydrogen-bond acceptors (Lipinski definition) is 2. The molecule has 1 aliphatic heterocycles. The molecule has 0 saturated carbocycles. The lowest BCUT2D eigenvalue weighted by Gasteiger charge is -2.41. The van der Waals surface area contributed by atoms with Crippen molar-refractivity contribution in [2.45, 2.75) is 6.04 Å². The maximum Gasteiger partial charge on any atom is 0.257 e. The average Bonchev–Trinajstić information content (AvgIpc) is 2.64. The first kappa shape index (κ1) is 15.8. The maximum absolute atomic E-state index is 12.5. The van der Waals surface area contributed by atoms with Crippen molar-refractivity contribution in [2.24, 2.45) is 0 Å². The van der Waals surface area contributed by atoms with Gasteiger partial charge in [0, 0.05) is 11.3 Å². The van der Waals surface area contributed by atoms with Gasteiger partial charge in [-0.3, -0.25) is 9.69 Å². The number of carbonyl (C=O) groups is 1. The summed E-state index contributed by atoms with van der Waals surface area (Å²) in [5.41, 5.74) is 2.70. The number of nitrogens with zero attached hydrogens (tertiary/aromatic N) is 1. The van der Waals surface area contributed by atoms with Crippen LogP contribution in [0.1, 0.15) is 5.56 Å². The fourth-order valence-corrected chi connectivity index (χ4v) is 2.74. The highest BCUT2D eigenvalue weighted by Gasteiger charge is 2.40. The molecule has 120 valence electrons. The van der Waals surface area contributed by atoms with Gasteiger partial charge in [-0.25, -0.2) is 0 Å². The minimum Gasteiger partial charge on any atom is -0.497 e. The summed E-state index contributed by atoms with van der Waals surface area (Å²) in [5, 5.41) is 0. The smallest absolute Gasteiger partial charge is 0.257 e. The summed E-state index contributed by atoms with van der Waals surface area (Å²) in [6.45, 7) is 3.70. The summed E-state index contributed by atoms with van der Waals surface area (Å²) in [4.78, 5) is 14.2. The van der Waals surface area contributed by atoms with Crippen LogP contribution < -0.4 is 9.64 Å². The molecule has 0 aromatic heterocycles. The van der Waals surface area contributed by atoms with Crippen molar-refractivity contribution in [3.8, 4) is 5.75 Å². The van der Waals surface area contributed by atoms with E-state index in [4.69, 9.17) is 4.74 Å². The van der Waals surface area contributed by atoms with E-state index in [0.29, 0.717) is 0 Å². The number of benzene rings is 2. The third kappa shape index (κ3) is 3.01. The fraction of sp³-hybridized carbons (Fsp3) is 0.0952. The molecule has 2 aromatic rings. The minimum atomic E-state index is -0.0934. The van der Waals surface area contributed by atoms with Crippen LogP contribution in [0.3, 0.4) is 0 Å². The summed E-state index contributed by atoms with van der Waals surface area (Å²) < 4.78 is 5.18. The van der Waals surface area contributed by atoms with Gasteiger partial charge in [0.15, 0.2) is 0 Å². The zero-order chi connectivity index (χ0) is 16.9. The second-order valence-corrected chi connectivity index (χ2v) is 5.45. The van der Waals surface area contributed by atoms with Crippen LogP contribution in [-0.2, 0) is 4.79 Å². The third-order valence-corrected chi connectivity index (χ3v) is 3.98. The van der Waals surface area contributed by atoms with Crippen LogP contribution in [0.2, 0.25) is 0 Å². The van der Waals surface area contributed by atoms with Crippen molar-refractivity contribution >= 4 is 17.7 Å². The van der Waals surface area contributed by atoms with E-state index in [1.54, 1.807) is 24.2 Å². The van der Waals surface area contributed by atoms with Gasteiger partial charge in [0.05, 0.1) is 13.2 Å². The fourth-order valence-electron chi connectivity index (χ4n) is 2.74.